The van der Waals surface area contributed by atoms with Gasteiger partial charge in [0.2, 0.25) is 0 Å². The number of amides is 2. The Kier molecular flexibility index (Phi) is 7.43. The smallest absolute Gasteiger partial charge is 0.276 e. The fourth-order valence-corrected chi connectivity index (χ4v) is 2.19. The molecule has 0 saturated heterocycles. The van der Waals surface area contributed by atoms with Crippen LogP contribution in [0.1, 0.15) is 35.7 Å². The van der Waals surface area contributed by atoms with E-state index in [9.17, 15) is 9.59 Å². The van der Waals surface area contributed by atoms with Gasteiger partial charge in [0.05, 0.1) is 0 Å². The number of hydrogen-bond donors (Lipinski definition) is 2. The number of hydrazine groups is 1. The molecule has 0 unspecified atom stereocenters. The standard InChI is InChI=1S/C21H24N2O4/c1-4-13-26-18-11-7-17(8-12-18)21(25)23-22-20(24)14-27-19-9-5-16(6-10-19)15(2)3/h4-12,15H,1,13-14H2,2-3H3,(H,22,24)(H,23,25). The Bertz CT molecular complexity index is 768. The SMILES string of the molecule is C=CCOc1ccc(C(=O)NNC(=O)COc2ccc(C(C)C)cc2)cc1. The van der Waals surface area contributed by atoms with Crippen molar-refractivity contribution in [1.29, 1.82) is 0 Å². The van der Waals surface area contributed by atoms with Crippen LogP contribution in [0, 0.1) is 0 Å². The molecule has 0 radical (unpaired) electrons. The summed E-state index contributed by atoms with van der Waals surface area (Å²) in [6.07, 6.45) is 1.64. The molecular formula is C21H24N2O4. The molecule has 0 fully saturated rings. The molecule has 0 heterocycles. The maximum absolute atomic E-state index is 12.0. The molecule has 0 atom stereocenters. The van der Waals surface area contributed by atoms with Crippen molar-refractivity contribution in [3.8, 4) is 11.5 Å². The summed E-state index contributed by atoms with van der Waals surface area (Å²) in [7, 11) is 0. The molecule has 142 valence electrons. The average Bonchev–Trinajstić information content (AvgIpc) is 2.69. The Morgan fingerprint density at radius 3 is 2.15 bits per heavy atom. The third kappa shape index (κ3) is 6.51. The Balaban J connectivity index is 1.75. The van der Waals surface area contributed by atoms with Crippen LogP contribution in [0.3, 0.4) is 0 Å². The van der Waals surface area contributed by atoms with Crippen LogP contribution in [-0.4, -0.2) is 25.0 Å². The third-order valence-corrected chi connectivity index (χ3v) is 3.72. The van der Waals surface area contributed by atoms with Crippen molar-refractivity contribution in [2.75, 3.05) is 13.2 Å². The van der Waals surface area contributed by atoms with Crippen molar-refractivity contribution < 1.29 is 19.1 Å². The van der Waals surface area contributed by atoms with Crippen molar-refractivity contribution in [1.82, 2.24) is 10.9 Å². The molecule has 0 aliphatic carbocycles. The van der Waals surface area contributed by atoms with E-state index in [2.05, 4.69) is 31.3 Å². The van der Waals surface area contributed by atoms with Crippen molar-refractivity contribution in [3.05, 3.63) is 72.3 Å². The Morgan fingerprint density at radius 2 is 1.56 bits per heavy atom. The largest absolute Gasteiger partial charge is 0.490 e. The van der Waals surface area contributed by atoms with Gasteiger partial charge in [-0.2, -0.15) is 0 Å². The van der Waals surface area contributed by atoms with Crippen LogP contribution >= 0.6 is 0 Å². The van der Waals surface area contributed by atoms with Crippen LogP contribution in [0.2, 0.25) is 0 Å². The topological polar surface area (TPSA) is 76.7 Å². The van der Waals surface area contributed by atoms with Gasteiger partial charge in [0.25, 0.3) is 11.8 Å². The van der Waals surface area contributed by atoms with Crippen LogP contribution < -0.4 is 20.3 Å². The summed E-state index contributed by atoms with van der Waals surface area (Å²) in [5, 5.41) is 0. The summed E-state index contributed by atoms with van der Waals surface area (Å²) in [6, 6.07) is 14.1. The van der Waals surface area contributed by atoms with Crippen molar-refractivity contribution in [3.63, 3.8) is 0 Å². The van der Waals surface area contributed by atoms with Crippen molar-refractivity contribution >= 4 is 11.8 Å². The first-order valence-electron chi connectivity index (χ1n) is 8.65. The predicted octanol–water partition coefficient (Wildman–Crippen LogP) is 3.21. The van der Waals surface area contributed by atoms with Gasteiger partial charge in [-0.05, 0) is 47.9 Å². The lowest BCUT2D eigenvalue weighted by Crippen LogP contribution is -2.43. The first-order chi connectivity index (χ1) is 13.0. The molecule has 0 aliphatic rings. The Labute approximate surface area is 159 Å². The predicted molar refractivity (Wildman–Crippen MR) is 104 cm³/mol. The molecule has 0 aliphatic heterocycles. The van der Waals surface area contributed by atoms with E-state index in [1.807, 2.05) is 24.3 Å². The zero-order chi connectivity index (χ0) is 19.6. The minimum atomic E-state index is -0.456. The van der Waals surface area contributed by atoms with E-state index in [4.69, 9.17) is 9.47 Å². The highest BCUT2D eigenvalue weighted by molar-refractivity contribution is 5.95. The zero-order valence-electron chi connectivity index (χ0n) is 15.5. The molecule has 27 heavy (non-hydrogen) atoms. The van der Waals surface area contributed by atoms with Gasteiger partial charge in [-0.15, -0.1) is 0 Å². The summed E-state index contributed by atoms with van der Waals surface area (Å²) in [5.74, 6) is 0.769. The fourth-order valence-electron chi connectivity index (χ4n) is 2.19. The van der Waals surface area contributed by atoms with E-state index >= 15 is 0 Å². The van der Waals surface area contributed by atoms with Crippen LogP contribution in [0.25, 0.3) is 0 Å². The maximum atomic E-state index is 12.0. The second-order valence-corrected chi connectivity index (χ2v) is 6.14. The molecule has 0 bridgehead atoms. The van der Waals surface area contributed by atoms with Gasteiger partial charge in [0, 0.05) is 5.56 Å². The highest BCUT2D eigenvalue weighted by Gasteiger charge is 2.08. The number of benzene rings is 2. The van der Waals surface area contributed by atoms with Gasteiger partial charge in [0.1, 0.15) is 18.1 Å². The maximum Gasteiger partial charge on any atom is 0.276 e. The summed E-state index contributed by atoms with van der Waals surface area (Å²) in [4.78, 5) is 23.8. The fraction of sp³-hybridized carbons (Fsp3) is 0.238. The molecule has 2 N–H and O–H groups in total. The van der Waals surface area contributed by atoms with Gasteiger partial charge in [0.15, 0.2) is 6.61 Å². The van der Waals surface area contributed by atoms with Crippen LogP contribution in [-0.2, 0) is 4.79 Å². The second-order valence-electron chi connectivity index (χ2n) is 6.14. The van der Waals surface area contributed by atoms with Crippen LogP contribution in [0.4, 0.5) is 0 Å². The molecule has 6 heteroatoms. The van der Waals surface area contributed by atoms with Gasteiger partial charge < -0.3 is 9.47 Å². The minimum absolute atomic E-state index is 0.199. The van der Waals surface area contributed by atoms with E-state index in [1.54, 1.807) is 30.3 Å². The van der Waals surface area contributed by atoms with Gasteiger partial charge in [-0.1, -0.05) is 38.6 Å². The first kappa shape index (κ1) is 20.0. The molecule has 0 spiro atoms. The third-order valence-electron chi connectivity index (χ3n) is 3.72. The number of hydrogen-bond acceptors (Lipinski definition) is 4. The highest BCUT2D eigenvalue weighted by atomic mass is 16.5. The van der Waals surface area contributed by atoms with Crippen molar-refractivity contribution in [2.45, 2.75) is 19.8 Å². The molecule has 2 rings (SSSR count). The van der Waals surface area contributed by atoms with Gasteiger partial charge in [-0.3, -0.25) is 20.4 Å². The second kappa shape index (κ2) is 10.0. The first-order valence-corrected chi connectivity index (χ1v) is 8.65. The van der Waals surface area contributed by atoms with E-state index in [0.717, 1.165) is 0 Å². The monoisotopic (exact) mass is 368 g/mol. The normalized spacial score (nSPS) is 10.2. The van der Waals surface area contributed by atoms with Crippen LogP contribution in [0.5, 0.6) is 11.5 Å². The molecule has 6 nitrogen and oxygen atoms in total. The van der Waals surface area contributed by atoms with E-state index in [1.165, 1.54) is 5.56 Å². The number of ether oxygens (including phenoxy) is 2. The van der Waals surface area contributed by atoms with Gasteiger partial charge >= 0.3 is 0 Å². The lowest BCUT2D eigenvalue weighted by atomic mass is 10.0. The number of rotatable bonds is 8. The highest BCUT2D eigenvalue weighted by Crippen LogP contribution is 2.18. The molecule has 2 amide bonds. The summed E-state index contributed by atoms with van der Waals surface area (Å²) < 4.78 is 10.8. The summed E-state index contributed by atoms with van der Waals surface area (Å²) in [5.41, 5.74) is 6.26. The van der Waals surface area contributed by atoms with E-state index < -0.39 is 11.8 Å². The molecule has 2 aromatic rings. The van der Waals surface area contributed by atoms with E-state index in [0.29, 0.717) is 29.6 Å². The quantitative estimate of drug-likeness (QED) is 0.554. The van der Waals surface area contributed by atoms with Crippen LogP contribution in [0.15, 0.2) is 61.2 Å². The Morgan fingerprint density at radius 1 is 0.963 bits per heavy atom. The number of carbonyl (C=O) groups is 2. The van der Waals surface area contributed by atoms with E-state index in [-0.39, 0.29) is 6.61 Å². The lowest BCUT2D eigenvalue weighted by Gasteiger charge is -2.10. The molecule has 0 aromatic heterocycles. The number of nitrogens with one attached hydrogen (secondary N) is 2. The molecule has 0 saturated carbocycles. The summed E-state index contributed by atoms with van der Waals surface area (Å²) >= 11 is 0. The Hall–Kier alpha value is -3.28. The average molecular weight is 368 g/mol. The van der Waals surface area contributed by atoms with Crippen molar-refractivity contribution in [2.24, 2.45) is 0 Å². The molecular weight excluding hydrogens is 344 g/mol. The zero-order valence-corrected chi connectivity index (χ0v) is 15.5. The van der Waals surface area contributed by atoms with Gasteiger partial charge in [-0.25, -0.2) is 0 Å². The summed E-state index contributed by atoms with van der Waals surface area (Å²) in [6.45, 7) is 7.97. The molecule has 2 aromatic carbocycles. The number of carbonyl (C=O) groups excluding carboxylic acids is 2. The lowest BCUT2D eigenvalue weighted by molar-refractivity contribution is -0.123. The minimum Gasteiger partial charge on any atom is -0.490 e.